The Kier molecular flexibility index (Phi) is 1.83. The van der Waals surface area contributed by atoms with Crippen LogP contribution in [0.15, 0.2) is 16.5 Å². The molecule has 1 aromatic heterocycles. The lowest BCUT2D eigenvalue weighted by atomic mass is 10.5. The summed E-state index contributed by atoms with van der Waals surface area (Å²) in [7, 11) is 0. The first kappa shape index (κ1) is 7.36. The summed E-state index contributed by atoms with van der Waals surface area (Å²) in [5, 5.41) is 0. The Morgan fingerprint density at radius 1 is 1.67 bits per heavy atom. The van der Waals surface area contributed by atoms with Gasteiger partial charge < -0.3 is 13.9 Å². The summed E-state index contributed by atoms with van der Waals surface area (Å²) < 4.78 is 15.1. The average Bonchev–Trinajstić information content (AvgIpc) is 2.81. The maximum atomic E-state index is 10.2. The highest BCUT2D eigenvalue weighted by Gasteiger charge is 2.23. The molecule has 0 aliphatic carbocycles. The summed E-state index contributed by atoms with van der Waals surface area (Å²) in [6, 6.07) is 3.18. The molecule has 1 saturated heterocycles. The van der Waals surface area contributed by atoms with Crippen molar-refractivity contribution in [2.45, 2.75) is 6.10 Å². The van der Waals surface area contributed by atoms with Crippen LogP contribution in [0, 0.1) is 0 Å². The van der Waals surface area contributed by atoms with Gasteiger partial charge in [-0.2, -0.15) is 0 Å². The number of hydrogen-bond acceptors (Lipinski definition) is 4. The quantitative estimate of drug-likeness (QED) is 0.494. The van der Waals surface area contributed by atoms with Crippen LogP contribution < -0.4 is 4.74 Å². The second kappa shape index (κ2) is 2.98. The molecule has 1 aromatic rings. The van der Waals surface area contributed by atoms with Crippen LogP contribution >= 0.6 is 0 Å². The molecule has 0 spiro atoms. The summed E-state index contributed by atoms with van der Waals surface area (Å²) in [5.74, 6) is 0.648. The number of aldehydes is 1. The number of carbonyl (C=O) groups excluding carboxylic acids is 1. The first-order chi connectivity index (χ1) is 5.88. The van der Waals surface area contributed by atoms with Gasteiger partial charge in [0.2, 0.25) is 0 Å². The van der Waals surface area contributed by atoms with Gasteiger partial charge in [-0.1, -0.05) is 0 Å². The highest BCUT2D eigenvalue weighted by molar-refractivity contribution is 5.70. The minimum absolute atomic E-state index is 0.204. The van der Waals surface area contributed by atoms with Crippen molar-refractivity contribution in [2.24, 2.45) is 0 Å². The SMILES string of the molecule is O=Cc1ccc(OCC2CO2)o1. The molecule has 4 heteroatoms. The Bertz CT molecular complexity index is 274. The number of hydrogen-bond donors (Lipinski definition) is 0. The summed E-state index contributed by atoms with van der Waals surface area (Å²) >= 11 is 0. The molecule has 4 nitrogen and oxygen atoms in total. The summed E-state index contributed by atoms with van der Waals surface area (Å²) in [6.07, 6.45) is 0.843. The summed E-state index contributed by atoms with van der Waals surface area (Å²) in [5.41, 5.74) is 0. The Balaban J connectivity index is 1.88. The van der Waals surface area contributed by atoms with E-state index in [1.165, 1.54) is 0 Å². The van der Waals surface area contributed by atoms with Gasteiger partial charge >= 0.3 is 0 Å². The van der Waals surface area contributed by atoms with E-state index in [2.05, 4.69) is 0 Å². The molecule has 12 heavy (non-hydrogen) atoms. The monoisotopic (exact) mass is 168 g/mol. The van der Waals surface area contributed by atoms with E-state index in [0.717, 1.165) is 6.61 Å². The fourth-order valence-corrected chi connectivity index (χ4v) is 0.815. The molecule has 0 N–H and O–H groups in total. The summed E-state index contributed by atoms with van der Waals surface area (Å²) in [6.45, 7) is 1.24. The Morgan fingerprint density at radius 3 is 3.08 bits per heavy atom. The zero-order valence-corrected chi connectivity index (χ0v) is 6.36. The molecular weight excluding hydrogens is 160 g/mol. The molecule has 2 heterocycles. The first-order valence-corrected chi connectivity index (χ1v) is 3.68. The van der Waals surface area contributed by atoms with Crippen LogP contribution in [0.25, 0.3) is 0 Å². The number of furan rings is 1. The molecular formula is C8H8O4. The van der Waals surface area contributed by atoms with Crippen molar-refractivity contribution in [3.8, 4) is 5.95 Å². The second-order valence-corrected chi connectivity index (χ2v) is 2.54. The zero-order valence-electron chi connectivity index (χ0n) is 6.36. The van der Waals surface area contributed by atoms with Crippen molar-refractivity contribution < 1.29 is 18.7 Å². The van der Waals surface area contributed by atoms with Crippen LogP contribution in [0.3, 0.4) is 0 Å². The van der Waals surface area contributed by atoms with Crippen molar-refractivity contribution in [3.05, 3.63) is 17.9 Å². The third kappa shape index (κ3) is 1.65. The second-order valence-electron chi connectivity index (χ2n) is 2.54. The maximum absolute atomic E-state index is 10.2. The lowest BCUT2D eigenvalue weighted by Crippen LogP contribution is -2.02. The van der Waals surface area contributed by atoms with Gasteiger partial charge in [0, 0.05) is 6.07 Å². The Labute approximate surface area is 69.1 Å². The fourth-order valence-electron chi connectivity index (χ4n) is 0.815. The van der Waals surface area contributed by atoms with E-state index in [4.69, 9.17) is 13.9 Å². The van der Waals surface area contributed by atoms with Gasteiger partial charge in [0.15, 0.2) is 12.0 Å². The smallest absolute Gasteiger partial charge is 0.284 e. The minimum Gasteiger partial charge on any atom is -0.462 e. The zero-order chi connectivity index (χ0) is 8.39. The van der Waals surface area contributed by atoms with Crippen LogP contribution in [0.2, 0.25) is 0 Å². The molecule has 1 aliphatic heterocycles. The number of epoxide rings is 1. The molecule has 0 saturated carbocycles. The lowest BCUT2D eigenvalue weighted by Gasteiger charge is -1.96. The van der Waals surface area contributed by atoms with Crippen molar-refractivity contribution in [2.75, 3.05) is 13.2 Å². The van der Waals surface area contributed by atoms with Gasteiger partial charge in [-0.25, -0.2) is 0 Å². The van der Waals surface area contributed by atoms with E-state index >= 15 is 0 Å². The van der Waals surface area contributed by atoms with E-state index in [1.54, 1.807) is 12.1 Å². The van der Waals surface area contributed by atoms with Gasteiger partial charge in [0.05, 0.1) is 6.61 Å². The van der Waals surface area contributed by atoms with Crippen LogP contribution in [0.5, 0.6) is 5.95 Å². The predicted octanol–water partition coefficient (Wildman–Crippen LogP) is 0.870. The molecule has 1 unspecified atom stereocenters. The molecule has 2 rings (SSSR count). The Hall–Kier alpha value is -1.29. The van der Waals surface area contributed by atoms with E-state index in [1.807, 2.05) is 0 Å². The standard InChI is InChI=1S/C8H8O4/c9-3-6-1-2-8(12-6)11-5-7-4-10-7/h1-3,7H,4-5H2. The molecule has 1 aliphatic rings. The topological polar surface area (TPSA) is 52.0 Å². The van der Waals surface area contributed by atoms with Gasteiger partial charge in [0.25, 0.3) is 5.95 Å². The average molecular weight is 168 g/mol. The van der Waals surface area contributed by atoms with Crippen LogP contribution in [-0.2, 0) is 4.74 Å². The van der Waals surface area contributed by atoms with E-state index < -0.39 is 0 Å². The van der Waals surface area contributed by atoms with E-state index in [-0.39, 0.29) is 11.9 Å². The van der Waals surface area contributed by atoms with Gasteiger partial charge in [0.1, 0.15) is 12.7 Å². The molecule has 64 valence electrons. The largest absolute Gasteiger partial charge is 0.462 e. The fraction of sp³-hybridized carbons (Fsp3) is 0.375. The van der Waals surface area contributed by atoms with E-state index in [9.17, 15) is 4.79 Å². The molecule has 1 fully saturated rings. The molecule has 0 bridgehead atoms. The third-order valence-electron chi connectivity index (χ3n) is 1.53. The van der Waals surface area contributed by atoms with Gasteiger partial charge in [-0.15, -0.1) is 0 Å². The lowest BCUT2D eigenvalue weighted by molar-refractivity contribution is 0.109. The maximum Gasteiger partial charge on any atom is 0.284 e. The minimum atomic E-state index is 0.204. The Morgan fingerprint density at radius 2 is 2.50 bits per heavy atom. The van der Waals surface area contributed by atoms with Crippen LogP contribution in [0.1, 0.15) is 10.6 Å². The van der Waals surface area contributed by atoms with Crippen molar-refractivity contribution in [1.82, 2.24) is 0 Å². The van der Waals surface area contributed by atoms with Gasteiger partial charge in [-0.3, -0.25) is 4.79 Å². The predicted molar refractivity (Wildman–Crippen MR) is 39.3 cm³/mol. The highest BCUT2D eigenvalue weighted by atomic mass is 16.6. The van der Waals surface area contributed by atoms with Crippen LogP contribution in [0.4, 0.5) is 0 Å². The van der Waals surface area contributed by atoms with Crippen molar-refractivity contribution in [1.29, 1.82) is 0 Å². The number of carbonyl (C=O) groups is 1. The molecule has 1 atom stereocenters. The number of rotatable bonds is 4. The summed E-state index contributed by atoms with van der Waals surface area (Å²) in [4.78, 5) is 10.2. The van der Waals surface area contributed by atoms with E-state index in [0.29, 0.717) is 18.8 Å². The molecule has 0 amide bonds. The normalized spacial score (nSPS) is 20.5. The molecule has 0 radical (unpaired) electrons. The third-order valence-corrected chi connectivity index (χ3v) is 1.53. The highest BCUT2D eigenvalue weighted by Crippen LogP contribution is 2.17. The molecule has 0 aromatic carbocycles. The first-order valence-electron chi connectivity index (χ1n) is 3.68. The number of ether oxygens (including phenoxy) is 2. The van der Waals surface area contributed by atoms with Crippen molar-refractivity contribution in [3.63, 3.8) is 0 Å². The van der Waals surface area contributed by atoms with Crippen molar-refractivity contribution >= 4 is 6.29 Å². The van der Waals surface area contributed by atoms with Gasteiger partial charge in [-0.05, 0) is 6.07 Å². The van der Waals surface area contributed by atoms with Crippen LogP contribution in [-0.4, -0.2) is 25.6 Å².